The van der Waals surface area contributed by atoms with Crippen LogP contribution in [0.3, 0.4) is 0 Å². The van der Waals surface area contributed by atoms with Crippen molar-refractivity contribution < 1.29 is 9.53 Å². The fourth-order valence-electron chi connectivity index (χ4n) is 2.44. The lowest BCUT2D eigenvalue weighted by molar-refractivity contribution is -0.117. The van der Waals surface area contributed by atoms with Gasteiger partial charge in [0.05, 0.1) is 6.61 Å². The molecule has 0 heterocycles. The Hall–Kier alpha value is -1.77. The summed E-state index contributed by atoms with van der Waals surface area (Å²) in [6, 6.07) is 7.81. The number of hydrogen-bond acceptors (Lipinski definition) is 3. The zero-order valence-corrected chi connectivity index (χ0v) is 11.8. The van der Waals surface area contributed by atoms with Gasteiger partial charge in [-0.1, -0.05) is 19.9 Å². The van der Waals surface area contributed by atoms with E-state index in [1.807, 2.05) is 31.2 Å². The summed E-state index contributed by atoms with van der Waals surface area (Å²) in [5.74, 6) is 1.04. The van der Waals surface area contributed by atoms with Crippen LogP contribution in [0.5, 0.6) is 5.75 Å². The molecule has 0 saturated carbocycles. The predicted octanol–water partition coefficient (Wildman–Crippen LogP) is 3.77. The van der Waals surface area contributed by atoms with Crippen molar-refractivity contribution in [2.45, 2.75) is 33.6 Å². The molecule has 0 radical (unpaired) electrons. The van der Waals surface area contributed by atoms with E-state index in [9.17, 15) is 4.79 Å². The summed E-state index contributed by atoms with van der Waals surface area (Å²) in [7, 11) is 0. The molecule has 102 valence electrons. The summed E-state index contributed by atoms with van der Waals surface area (Å²) in [5, 5.41) is 3.33. The van der Waals surface area contributed by atoms with Crippen LogP contribution in [0, 0.1) is 5.41 Å². The molecule has 0 amide bonds. The van der Waals surface area contributed by atoms with Gasteiger partial charge in [-0.05, 0) is 30.9 Å². The highest BCUT2D eigenvalue weighted by atomic mass is 16.5. The molecule has 0 aliphatic heterocycles. The molecule has 2 rings (SSSR count). The van der Waals surface area contributed by atoms with E-state index in [0.29, 0.717) is 13.0 Å². The van der Waals surface area contributed by atoms with Gasteiger partial charge >= 0.3 is 0 Å². The number of anilines is 1. The molecule has 1 aromatic rings. The first kappa shape index (κ1) is 13.7. The number of hydrogen-bond donors (Lipinski definition) is 1. The lowest BCUT2D eigenvalue weighted by Gasteiger charge is -2.29. The molecule has 0 aromatic heterocycles. The molecular formula is C16H21NO2. The van der Waals surface area contributed by atoms with Crippen molar-refractivity contribution in [1.29, 1.82) is 0 Å². The van der Waals surface area contributed by atoms with Crippen LogP contribution in [-0.4, -0.2) is 12.4 Å². The third-order valence-corrected chi connectivity index (χ3v) is 3.11. The predicted molar refractivity (Wildman–Crippen MR) is 77.3 cm³/mol. The smallest absolute Gasteiger partial charge is 0.157 e. The average Bonchev–Trinajstić information content (AvgIpc) is 2.26. The van der Waals surface area contributed by atoms with E-state index in [4.69, 9.17) is 4.74 Å². The maximum Gasteiger partial charge on any atom is 0.157 e. The molecule has 0 saturated heterocycles. The van der Waals surface area contributed by atoms with Gasteiger partial charge in [-0.25, -0.2) is 0 Å². The van der Waals surface area contributed by atoms with Crippen molar-refractivity contribution >= 4 is 11.5 Å². The Bertz CT molecular complexity index is 503. The third-order valence-electron chi connectivity index (χ3n) is 3.11. The Morgan fingerprint density at radius 1 is 1.32 bits per heavy atom. The molecule has 1 N–H and O–H groups in total. The summed E-state index contributed by atoms with van der Waals surface area (Å²) in [6.45, 7) is 6.86. The molecule has 0 fully saturated rings. The number of carbonyl (C=O) groups is 1. The van der Waals surface area contributed by atoms with E-state index in [0.717, 1.165) is 23.6 Å². The van der Waals surface area contributed by atoms with Gasteiger partial charge in [0.2, 0.25) is 0 Å². The molecule has 0 bridgehead atoms. The number of ether oxygens (including phenoxy) is 1. The first-order valence-corrected chi connectivity index (χ1v) is 6.72. The topological polar surface area (TPSA) is 38.3 Å². The van der Waals surface area contributed by atoms with Crippen molar-refractivity contribution in [2.24, 2.45) is 5.41 Å². The minimum Gasteiger partial charge on any atom is -0.494 e. The summed E-state index contributed by atoms with van der Waals surface area (Å²) < 4.78 is 5.47. The summed E-state index contributed by atoms with van der Waals surface area (Å²) >= 11 is 0. The first-order valence-electron chi connectivity index (χ1n) is 6.72. The number of nitrogens with one attached hydrogen (secondary N) is 1. The van der Waals surface area contributed by atoms with Gasteiger partial charge in [0.15, 0.2) is 5.78 Å². The van der Waals surface area contributed by atoms with E-state index in [-0.39, 0.29) is 11.2 Å². The molecule has 1 aliphatic carbocycles. The molecule has 1 aromatic carbocycles. The van der Waals surface area contributed by atoms with Crippen molar-refractivity contribution in [3.05, 3.63) is 36.0 Å². The Labute approximate surface area is 114 Å². The third kappa shape index (κ3) is 3.85. The Kier molecular flexibility index (Phi) is 3.93. The molecule has 1 aliphatic rings. The van der Waals surface area contributed by atoms with E-state index in [1.54, 1.807) is 6.08 Å². The fourth-order valence-corrected chi connectivity index (χ4v) is 2.44. The summed E-state index contributed by atoms with van der Waals surface area (Å²) in [5.41, 5.74) is 1.98. The maximum atomic E-state index is 11.7. The van der Waals surface area contributed by atoms with Gasteiger partial charge in [-0.2, -0.15) is 0 Å². The second-order valence-electron chi connectivity index (χ2n) is 5.74. The minimum absolute atomic E-state index is 0.0334. The molecule has 3 heteroatoms. The van der Waals surface area contributed by atoms with Crippen LogP contribution in [0.2, 0.25) is 0 Å². The Morgan fingerprint density at radius 2 is 2.11 bits per heavy atom. The molecule has 19 heavy (non-hydrogen) atoms. The lowest BCUT2D eigenvalue weighted by Crippen LogP contribution is -2.24. The number of benzene rings is 1. The Balaban J connectivity index is 2.12. The van der Waals surface area contributed by atoms with E-state index < -0.39 is 0 Å². The molecule has 0 atom stereocenters. The Morgan fingerprint density at radius 3 is 2.79 bits per heavy atom. The van der Waals surface area contributed by atoms with Crippen LogP contribution in [0.15, 0.2) is 36.0 Å². The van der Waals surface area contributed by atoms with Gasteiger partial charge < -0.3 is 10.1 Å². The van der Waals surface area contributed by atoms with Crippen LogP contribution in [0.25, 0.3) is 0 Å². The summed E-state index contributed by atoms with van der Waals surface area (Å²) in [6.07, 6.45) is 3.23. The summed E-state index contributed by atoms with van der Waals surface area (Å²) in [4.78, 5) is 11.7. The van der Waals surface area contributed by atoms with Crippen LogP contribution in [-0.2, 0) is 4.79 Å². The second kappa shape index (κ2) is 5.47. The van der Waals surface area contributed by atoms with Crippen LogP contribution in [0.1, 0.15) is 33.6 Å². The zero-order chi connectivity index (χ0) is 13.9. The number of allylic oxidation sites excluding steroid dienone is 2. The van der Waals surface area contributed by atoms with Gasteiger partial charge in [-0.3, -0.25) is 4.79 Å². The van der Waals surface area contributed by atoms with E-state index in [2.05, 4.69) is 19.2 Å². The van der Waals surface area contributed by atoms with E-state index in [1.165, 1.54) is 0 Å². The normalized spacial score (nSPS) is 17.8. The van der Waals surface area contributed by atoms with Crippen LogP contribution < -0.4 is 10.1 Å². The van der Waals surface area contributed by atoms with Crippen molar-refractivity contribution in [2.75, 3.05) is 11.9 Å². The van der Waals surface area contributed by atoms with Crippen LogP contribution in [0.4, 0.5) is 5.69 Å². The van der Waals surface area contributed by atoms with Crippen molar-refractivity contribution in [3.8, 4) is 5.75 Å². The quantitative estimate of drug-likeness (QED) is 0.894. The molecular weight excluding hydrogens is 238 g/mol. The van der Waals surface area contributed by atoms with Gasteiger partial charge in [0.25, 0.3) is 0 Å². The number of carbonyl (C=O) groups excluding carboxylic acids is 1. The van der Waals surface area contributed by atoms with Gasteiger partial charge in [0, 0.05) is 29.9 Å². The first-order chi connectivity index (χ1) is 8.98. The van der Waals surface area contributed by atoms with Crippen LogP contribution >= 0.6 is 0 Å². The lowest BCUT2D eigenvalue weighted by atomic mass is 9.79. The van der Waals surface area contributed by atoms with Crippen molar-refractivity contribution in [3.63, 3.8) is 0 Å². The zero-order valence-electron chi connectivity index (χ0n) is 11.8. The maximum absolute atomic E-state index is 11.7. The largest absolute Gasteiger partial charge is 0.494 e. The van der Waals surface area contributed by atoms with Crippen molar-refractivity contribution in [1.82, 2.24) is 0 Å². The molecule has 0 spiro atoms. The monoisotopic (exact) mass is 259 g/mol. The average molecular weight is 259 g/mol. The fraction of sp³-hybridized carbons (Fsp3) is 0.438. The van der Waals surface area contributed by atoms with Gasteiger partial charge in [0.1, 0.15) is 5.75 Å². The van der Waals surface area contributed by atoms with Gasteiger partial charge in [-0.15, -0.1) is 0 Å². The SMILES string of the molecule is CCOc1cccc(NC2=CC(=O)CC(C)(C)C2)c1. The second-order valence-corrected chi connectivity index (χ2v) is 5.74. The van der Waals surface area contributed by atoms with E-state index >= 15 is 0 Å². The number of rotatable bonds is 4. The molecule has 0 unspecified atom stereocenters. The highest BCUT2D eigenvalue weighted by Crippen LogP contribution is 2.34. The standard InChI is InChI=1S/C16H21NO2/c1-4-19-15-7-5-6-12(9-15)17-13-8-14(18)11-16(2,3)10-13/h5-9,17H,4,10-11H2,1-3H3. The minimum atomic E-state index is 0.0334. The highest BCUT2D eigenvalue weighted by Gasteiger charge is 2.27. The molecule has 3 nitrogen and oxygen atoms in total. The highest BCUT2D eigenvalue weighted by molar-refractivity contribution is 5.92. The number of ketones is 1.